The maximum absolute atomic E-state index is 12.4. The molecular formula is C18H22ClN3O4S. The molecule has 3 rings (SSSR count). The van der Waals surface area contributed by atoms with E-state index >= 15 is 0 Å². The Balaban J connectivity index is 0.00000261. The highest BCUT2D eigenvalue weighted by atomic mass is 35.5. The molecule has 1 aliphatic rings. The fourth-order valence-corrected chi connectivity index (χ4v) is 3.68. The molecule has 146 valence electrons. The maximum Gasteiger partial charge on any atom is 0.261 e. The summed E-state index contributed by atoms with van der Waals surface area (Å²) in [4.78, 5) is 12.2. The van der Waals surface area contributed by atoms with Crippen molar-refractivity contribution in [2.45, 2.75) is 17.4 Å². The van der Waals surface area contributed by atoms with E-state index in [1.165, 1.54) is 12.1 Å². The molecule has 2 aromatic rings. The van der Waals surface area contributed by atoms with Gasteiger partial charge >= 0.3 is 0 Å². The zero-order valence-corrected chi connectivity index (χ0v) is 16.2. The van der Waals surface area contributed by atoms with E-state index in [1.54, 1.807) is 36.4 Å². The molecule has 1 aliphatic heterocycles. The van der Waals surface area contributed by atoms with Crippen molar-refractivity contribution in [2.75, 3.05) is 29.8 Å². The summed E-state index contributed by atoms with van der Waals surface area (Å²) in [6, 6.07) is 14.7. The van der Waals surface area contributed by atoms with Gasteiger partial charge in [-0.25, -0.2) is 8.42 Å². The fraction of sp³-hybridized carbons (Fsp3) is 0.278. The quantitative estimate of drug-likeness (QED) is 0.677. The van der Waals surface area contributed by atoms with Gasteiger partial charge in [0, 0.05) is 30.4 Å². The van der Waals surface area contributed by atoms with Gasteiger partial charge in [-0.1, -0.05) is 18.2 Å². The number of para-hydroxylation sites is 1. The molecule has 1 heterocycles. The molecule has 1 fully saturated rings. The first kappa shape index (κ1) is 21.2. The van der Waals surface area contributed by atoms with Gasteiger partial charge in [-0.15, -0.1) is 12.4 Å². The van der Waals surface area contributed by atoms with Gasteiger partial charge in [-0.3, -0.25) is 9.52 Å². The van der Waals surface area contributed by atoms with Gasteiger partial charge in [0.15, 0.2) is 0 Å². The molecule has 7 nitrogen and oxygen atoms in total. The smallest absolute Gasteiger partial charge is 0.261 e. The van der Waals surface area contributed by atoms with E-state index in [1.807, 2.05) is 6.07 Å². The lowest BCUT2D eigenvalue weighted by atomic mass is 10.2. The van der Waals surface area contributed by atoms with E-state index in [-0.39, 0.29) is 29.3 Å². The number of amides is 1. The molecule has 0 aromatic heterocycles. The molecule has 1 saturated heterocycles. The van der Waals surface area contributed by atoms with Gasteiger partial charge in [0.2, 0.25) is 5.91 Å². The highest BCUT2D eigenvalue weighted by molar-refractivity contribution is 7.92. The van der Waals surface area contributed by atoms with Crippen molar-refractivity contribution in [3.05, 3.63) is 54.6 Å². The molecule has 0 radical (unpaired) electrons. The molecule has 9 heteroatoms. The zero-order valence-electron chi connectivity index (χ0n) is 14.6. The number of morpholine rings is 1. The summed E-state index contributed by atoms with van der Waals surface area (Å²) in [6.45, 7) is 1.90. The van der Waals surface area contributed by atoms with Crippen LogP contribution in [0.15, 0.2) is 59.5 Å². The first-order valence-corrected chi connectivity index (χ1v) is 9.80. The Hall–Kier alpha value is -2.13. The molecule has 0 spiro atoms. The van der Waals surface area contributed by atoms with Gasteiger partial charge in [0.1, 0.15) is 0 Å². The number of anilines is 2. The number of halogens is 1. The first-order valence-electron chi connectivity index (χ1n) is 8.32. The summed E-state index contributed by atoms with van der Waals surface area (Å²) in [5, 5.41) is 5.98. The van der Waals surface area contributed by atoms with Crippen LogP contribution >= 0.6 is 12.4 Å². The monoisotopic (exact) mass is 411 g/mol. The van der Waals surface area contributed by atoms with Crippen molar-refractivity contribution < 1.29 is 17.9 Å². The number of rotatable bonds is 6. The summed E-state index contributed by atoms with van der Waals surface area (Å²) in [5.74, 6) is -0.147. The minimum atomic E-state index is -3.67. The van der Waals surface area contributed by atoms with Crippen LogP contribution in [0.4, 0.5) is 11.4 Å². The number of ether oxygens (including phenoxy) is 1. The number of carbonyl (C=O) groups is 1. The third kappa shape index (κ3) is 6.21. The topological polar surface area (TPSA) is 96.5 Å². The van der Waals surface area contributed by atoms with Gasteiger partial charge in [0.25, 0.3) is 10.0 Å². The molecule has 1 unspecified atom stereocenters. The van der Waals surface area contributed by atoms with E-state index in [0.29, 0.717) is 31.0 Å². The molecule has 27 heavy (non-hydrogen) atoms. The van der Waals surface area contributed by atoms with Crippen molar-refractivity contribution in [3.63, 3.8) is 0 Å². The predicted octanol–water partition coefficient (Wildman–Crippen LogP) is 2.23. The molecule has 1 atom stereocenters. The van der Waals surface area contributed by atoms with Crippen LogP contribution in [0.5, 0.6) is 0 Å². The van der Waals surface area contributed by atoms with Crippen molar-refractivity contribution >= 4 is 39.7 Å². The Kier molecular flexibility index (Phi) is 7.61. The van der Waals surface area contributed by atoms with Crippen molar-refractivity contribution in [1.82, 2.24) is 5.32 Å². The van der Waals surface area contributed by atoms with Gasteiger partial charge in [0.05, 0.1) is 18.1 Å². The lowest BCUT2D eigenvalue weighted by Gasteiger charge is -2.23. The average molecular weight is 412 g/mol. The van der Waals surface area contributed by atoms with Crippen LogP contribution in [0, 0.1) is 0 Å². The van der Waals surface area contributed by atoms with Crippen LogP contribution in [-0.2, 0) is 19.6 Å². The van der Waals surface area contributed by atoms with Crippen LogP contribution in [-0.4, -0.2) is 40.1 Å². The van der Waals surface area contributed by atoms with Crippen molar-refractivity contribution in [1.29, 1.82) is 0 Å². The molecule has 2 aromatic carbocycles. The predicted molar refractivity (Wildman–Crippen MR) is 107 cm³/mol. The van der Waals surface area contributed by atoms with E-state index in [4.69, 9.17) is 4.74 Å². The van der Waals surface area contributed by atoms with Gasteiger partial charge in [-0.05, 0) is 36.4 Å². The maximum atomic E-state index is 12.4. The van der Waals surface area contributed by atoms with E-state index in [9.17, 15) is 13.2 Å². The van der Waals surface area contributed by atoms with Crippen molar-refractivity contribution in [3.8, 4) is 0 Å². The summed E-state index contributed by atoms with van der Waals surface area (Å²) in [5.41, 5.74) is 1.04. The Morgan fingerprint density at radius 1 is 1.07 bits per heavy atom. The Morgan fingerprint density at radius 3 is 2.41 bits per heavy atom. The van der Waals surface area contributed by atoms with E-state index in [2.05, 4.69) is 15.4 Å². The minimum Gasteiger partial charge on any atom is -0.378 e. The second kappa shape index (κ2) is 9.70. The van der Waals surface area contributed by atoms with Crippen LogP contribution in [0.25, 0.3) is 0 Å². The number of carbonyl (C=O) groups excluding carboxylic acids is 1. The molecule has 0 bridgehead atoms. The molecule has 0 saturated carbocycles. The molecule has 0 aliphatic carbocycles. The first-order chi connectivity index (χ1) is 12.5. The third-order valence-electron chi connectivity index (χ3n) is 3.90. The second-order valence-corrected chi connectivity index (χ2v) is 7.66. The Bertz CT molecular complexity index is 839. The zero-order chi connectivity index (χ0) is 18.4. The summed E-state index contributed by atoms with van der Waals surface area (Å²) < 4.78 is 32.6. The van der Waals surface area contributed by atoms with E-state index < -0.39 is 10.0 Å². The normalized spacial score (nSPS) is 16.8. The van der Waals surface area contributed by atoms with Gasteiger partial charge in [-0.2, -0.15) is 0 Å². The lowest BCUT2D eigenvalue weighted by molar-refractivity contribution is -0.117. The van der Waals surface area contributed by atoms with Crippen LogP contribution in [0.1, 0.15) is 6.42 Å². The molecule has 1 amide bonds. The lowest BCUT2D eigenvalue weighted by Crippen LogP contribution is -2.43. The minimum absolute atomic E-state index is 0. The largest absolute Gasteiger partial charge is 0.378 e. The van der Waals surface area contributed by atoms with E-state index in [0.717, 1.165) is 6.54 Å². The standard InChI is InChI=1S/C18H21N3O4S.ClH/c22-18(12-16-13-25-11-10-19-16)20-14-6-8-17(9-7-14)26(23,24)21-15-4-2-1-3-5-15;/h1-9,16,19,21H,10-13H2,(H,20,22);1H. The van der Waals surface area contributed by atoms with Gasteiger partial charge < -0.3 is 15.4 Å². The SMILES string of the molecule is Cl.O=C(CC1COCCN1)Nc1ccc(S(=O)(=O)Nc2ccccc2)cc1. The summed E-state index contributed by atoms with van der Waals surface area (Å²) >= 11 is 0. The highest BCUT2D eigenvalue weighted by Gasteiger charge is 2.17. The Morgan fingerprint density at radius 2 is 1.78 bits per heavy atom. The van der Waals surface area contributed by atoms with Crippen molar-refractivity contribution in [2.24, 2.45) is 0 Å². The molecular weight excluding hydrogens is 390 g/mol. The number of hydrogen-bond acceptors (Lipinski definition) is 5. The Labute approximate surface area is 165 Å². The van der Waals surface area contributed by atoms with Crippen LogP contribution < -0.4 is 15.4 Å². The number of nitrogens with one attached hydrogen (secondary N) is 3. The second-order valence-electron chi connectivity index (χ2n) is 5.97. The number of hydrogen-bond donors (Lipinski definition) is 3. The fourth-order valence-electron chi connectivity index (χ4n) is 2.62. The van der Waals surface area contributed by atoms with Crippen LogP contribution in [0.2, 0.25) is 0 Å². The summed E-state index contributed by atoms with van der Waals surface area (Å²) in [7, 11) is -3.67. The number of benzene rings is 2. The number of sulfonamides is 1. The van der Waals surface area contributed by atoms with Crippen LogP contribution in [0.3, 0.4) is 0 Å². The summed E-state index contributed by atoms with van der Waals surface area (Å²) in [6.07, 6.45) is 0.301. The highest BCUT2D eigenvalue weighted by Crippen LogP contribution is 2.18. The molecule has 3 N–H and O–H groups in total. The average Bonchev–Trinajstić information content (AvgIpc) is 2.63. The third-order valence-corrected chi connectivity index (χ3v) is 5.30.